The Morgan fingerprint density at radius 1 is 1.33 bits per heavy atom. The molecular weight excluding hydrogens is 368 g/mol. The van der Waals surface area contributed by atoms with Gasteiger partial charge in [-0.05, 0) is 25.1 Å². The molecule has 0 radical (unpaired) electrons. The Kier molecular flexibility index (Phi) is 6.53. The minimum absolute atomic E-state index is 0.0203. The summed E-state index contributed by atoms with van der Waals surface area (Å²) in [4.78, 5) is 25.9. The Labute approximate surface area is 160 Å². The first-order chi connectivity index (χ1) is 12.4. The molecule has 1 fully saturated rings. The van der Waals surface area contributed by atoms with E-state index in [1.54, 1.807) is 14.0 Å². The number of aromatic nitrogens is 2. The number of ether oxygens (including phenoxy) is 2. The third-order valence-electron chi connectivity index (χ3n) is 5.49. The number of aliphatic hydroxyl groups excluding tert-OH is 1. The van der Waals surface area contributed by atoms with E-state index in [-0.39, 0.29) is 5.04 Å². The van der Waals surface area contributed by atoms with Gasteiger partial charge in [0, 0.05) is 25.8 Å². The second-order valence-corrected chi connectivity index (χ2v) is 13.5. The van der Waals surface area contributed by atoms with Gasteiger partial charge in [0.15, 0.2) is 14.5 Å². The van der Waals surface area contributed by atoms with Crippen LogP contribution in [0.2, 0.25) is 18.1 Å². The largest absolute Gasteiger partial charge is 0.408 e. The molecule has 0 spiro atoms. The summed E-state index contributed by atoms with van der Waals surface area (Å²) in [6, 6.07) is 1.27. The molecule has 154 valence electrons. The number of rotatable bonds is 6. The van der Waals surface area contributed by atoms with Crippen molar-refractivity contribution in [3.8, 4) is 0 Å². The molecule has 8 nitrogen and oxygen atoms in total. The van der Waals surface area contributed by atoms with Crippen molar-refractivity contribution in [2.45, 2.75) is 82.9 Å². The second-order valence-electron chi connectivity index (χ2n) is 8.71. The molecule has 1 saturated heterocycles. The zero-order valence-corrected chi connectivity index (χ0v) is 18.2. The molecule has 2 N–H and O–H groups in total. The number of H-pyrrole nitrogens is 1. The highest BCUT2D eigenvalue weighted by Gasteiger charge is 2.51. The Morgan fingerprint density at radius 2 is 1.96 bits per heavy atom. The fourth-order valence-electron chi connectivity index (χ4n) is 3.00. The highest BCUT2D eigenvalue weighted by molar-refractivity contribution is 6.74. The van der Waals surface area contributed by atoms with E-state index in [0.29, 0.717) is 6.42 Å². The third-order valence-corrected chi connectivity index (χ3v) is 9.97. The van der Waals surface area contributed by atoms with E-state index in [4.69, 9.17) is 13.9 Å². The van der Waals surface area contributed by atoms with Gasteiger partial charge in [0.25, 0.3) is 5.56 Å². The van der Waals surface area contributed by atoms with Gasteiger partial charge in [-0.3, -0.25) is 14.3 Å². The molecule has 0 aliphatic carbocycles. The van der Waals surface area contributed by atoms with E-state index in [2.05, 4.69) is 38.8 Å². The molecule has 1 aliphatic heterocycles. The molecule has 9 heteroatoms. The zero-order chi connectivity index (χ0) is 20.6. The van der Waals surface area contributed by atoms with Crippen molar-refractivity contribution >= 4 is 8.32 Å². The van der Waals surface area contributed by atoms with Gasteiger partial charge in [0.1, 0.15) is 12.2 Å². The molecule has 0 aromatic carbocycles. The van der Waals surface area contributed by atoms with Crippen LogP contribution >= 0.6 is 0 Å². The summed E-state index contributed by atoms with van der Waals surface area (Å²) in [5, 5.41) is 9.89. The molecule has 0 saturated carbocycles. The van der Waals surface area contributed by atoms with Gasteiger partial charge in [-0.1, -0.05) is 20.8 Å². The van der Waals surface area contributed by atoms with Crippen molar-refractivity contribution in [2.24, 2.45) is 0 Å². The van der Waals surface area contributed by atoms with Crippen LogP contribution in [0.4, 0.5) is 0 Å². The molecule has 27 heavy (non-hydrogen) atoms. The van der Waals surface area contributed by atoms with E-state index in [9.17, 15) is 14.7 Å². The first-order valence-corrected chi connectivity index (χ1v) is 12.1. The highest BCUT2D eigenvalue weighted by atomic mass is 28.4. The molecule has 1 aromatic heterocycles. The minimum Gasteiger partial charge on any atom is -0.408 e. The maximum atomic E-state index is 12.3. The van der Waals surface area contributed by atoms with E-state index in [1.807, 2.05) is 0 Å². The Morgan fingerprint density at radius 3 is 2.44 bits per heavy atom. The molecule has 0 bridgehead atoms. The van der Waals surface area contributed by atoms with Crippen LogP contribution in [0.1, 0.15) is 40.3 Å². The molecular formula is C18H32N2O6Si. The van der Waals surface area contributed by atoms with Gasteiger partial charge in [-0.25, -0.2) is 4.79 Å². The smallest absolute Gasteiger partial charge is 0.330 e. The summed E-state index contributed by atoms with van der Waals surface area (Å²) >= 11 is 0. The zero-order valence-electron chi connectivity index (χ0n) is 17.2. The standard InChI is InChI=1S/C18H32N2O6Si/c1-11(21)10-12-14(26-27(6,7)18(2,3)4)15(24-5)16(25-12)20-9-8-13(22)19-17(20)23/h8-9,11-12,14-16,21H,10H2,1-7H3,(H,19,22,23)/t11-,12-,14-,15-,16-/m1/s1. The van der Waals surface area contributed by atoms with Crippen LogP contribution in [-0.4, -0.2) is 54.5 Å². The molecule has 0 amide bonds. The lowest BCUT2D eigenvalue weighted by Gasteiger charge is -2.40. The van der Waals surface area contributed by atoms with Crippen LogP contribution in [0.15, 0.2) is 21.9 Å². The maximum absolute atomic E-state index is 12.3. The molecule has 0 unspecified atom stereocenters. The minimum atomic E-state index is -2.16. The Bertz CT molecular complexity index is 751. The number of methoxy groups -OCH3 is 1. The van der Waals surface area contributed by atoms with E-state index < -0.39 is 50.2 Å². The number of nitrogens with one attached hydrogen (secondary N) is 1. The van der Waals surface area contributed by atoms with Gasteiger partial charge in [-0.2, -0.15) is 0 Å². The van der Waals surface area contributed by atoms with Crippen LogP contribution in [0.5, 0.6) is 0 Å². The summed E-state index contributed by atoms with van der Waals surface area (Å²) in [7, 11) is -0.615. The number of nitrogens with zero attached hydrogens (tertiary/aromatic N) is 1. The van der Waals surface area contributed by atoms with Crippen molar-refractivity contribution in [1.82, 2.24) is 9.55 Å². The second kappa shape index (κ2) is 8.00. The summed E-state index contributed by atoms with van der Waals surface area (Å²) in [5.41, 5.74) is -1.05. The van der Waals surface area contributed by atoms with E-state index >= 15 is 0 Å². The van der Waals surface area contributed by atoms with Crippen molar-refractivity contribution in [3.05, 3.63) is 33.1 Å². The lowest BCUT2D eigenvalue weighted by atomic mass is 10.1. The number of hydrogen-bond donors (Lipinski definition) is 2. The number of aromatic amines is 1. The van der Waals surface area contributed by atoms with Crippen LogP contribution in [0.25, 0.3) is 0 Å². The third kappa shape index (κ3) is 4.78. The van der Waals surface area contributed by atoms with Gasteiger partial charge >= 0.3 is 5.69 Å². The summed E-state index contributed by atoms with van der Waals surface area (Å²) in [6.07, 6.45) is -1.02. The van der Waals surface area contributed by atoms with Crippen molar-refractivity contribution in [2.75, 3.05) is 7.11 Å². The molecule has 5 atom stereocenters. The first kappa shape index (κ1) is 22.0. The molecule has 2 heterocycles. The average Bonchev–Trinajstić information content (AvgIpc) is 2.82. The first-order valence-electron chi connectivity index (χ1n) is 9.23. The van der Waals surface area contributed by atoms with Crippen LogP contribution in [0, 0.1) is 0 Å². The highest BCUT2D eigenvalue weighted by Crippen LogP contribution is 2.42. The molecule has 2 rings (SSSR count). The van der Waals surface area contributed by atoms with E-state index in [0.717, 1.165) is 0 Å². The summed E-state index contributed by atoms with van der Waals surface area (Å²) < 4.78 is 19.7. The molecule has 1 aliphatic rings. The number of hydrogen-bond acceptors (Lipinski definition) is 6. The maximum Gasteiger partial charge on any atom is 0.330 e. The van der Waals surface area contributed by atoms with Crippen molar-refractivity contribution in [3.63, 3.8) is 0 Å². The Balaban J connectivity index is 2.42. The van der Waals surface area contributed by atoms with Gasteiger partial charge in [0.05, 0.1) is 12.2 Å². The fraction of sp³-hybridized carbons (Fsp3) is 0.778. The predicted octanol–water partition coefficient (Wildman–Crippen LogP) is 1.61. The van der Waals surface area contributed by atoms with Gasteiger partial charge < -0.3 is 19.0 Å². The van der Waals surface area contributed by atoms with Gasteiger partial charge in [-0.15, -0.1) is 0 Å². The normalized spacial score (nSPS) is 27.7. The van der Waals surface area contributed by atoms with Crippen LogP contribution < -0.4 is 11.2 Å². The van der Waals surface area contributed by atoms with E-state index in [1.165, 1.54) is 16.8 Å². The van der Waals surface area contributed by atoms with Crippen LogP contribution in [-0.2, 0) is 13.9 Å². The average molecular weight is 401 g/mol. The number of aliphatic hydroxyl groups is 1. The molecule has 1 aromatic rings. The summed E-state index contributed by atoms with van der Waals surface area (Å²) in [5.74, 6) is 0. The predicted molar refractivity (Wildman–Crippen MR) is 104 cm³/mol. The lowest BCUT2D eigenvalue weighted by molar-refractivity contribution is -0.0600. The van der Waals surface area contributed by atoms with Gasteiger partial charge in [0.2, 0.25) is 0 Å². The van der Waals surface area contributed by atoms with Crippen LogP contribution in [0.3, 0.4) is 0 Å². The van der Waals surface area contributed by atoms with Crippen molar-refractivity contribution < 1.29 is 19.0 Å². The quantitative estimate of drug-likeness (QED) is 0.703. The Hall–Kier alpha value is -1.26. The summed E-state index contributed by atoms with van der Waals surface area (Å²) in [6.45, 7) is 12.4. The fourth-order valence-corrected chi connectivity index (χ4v) is 4.32. The topological polar surface area (TPSA) is 103 Å². The lowest BCUT2D eigenvalue weighted by Crippen LogP contribution is -2.50. The van der Waals surface area contributed by atoms with Crippen molar-refractivity contribution in [1.29, 1.82) is 0 Å². The monoisotopic (exact) mass is 400 g/mol. The SMILES string of the molecule is CO[C@@H]1[C@H](O[Si](C)(C)C(C)(C)C)[C@@H](C[C@@H](C)O)O[C@H]1n1ccc(=O)[nH]c1=O.